The molecule has 1 heterocycles. The second-order valence-electron chi connectivity index (χ2n) is 4.24. The SMILES string of the molecule is Nc1ncnc(-c2cccc3ccccc23)c1[N+](=O)[O-]. The smallest absolute Gasteiger partial charge is 0.337 e. The molecule has 0 saturated carbocycles. The van der Waals surface area contributed by atoms with Crippen molar-refractivity contribution in [1.82, 2.24) is 9.97 Å². The lowest BCUT2D eigenvalue weighted by Gasteiger charge is -2.07. The van der Waals surface area contributed by atoms with Gasteiger partial charge in [-0.3, -0.25) is 10.1 Å². The third-order valence-electron chi connectivity index (χ3n) is 3.08. The third-order valence-corrected chi connectivity index (χ3v) is 3.08. The molecule has 0 unspecified atom stereocenters. The predicted octanol–water partition coefficient (Wildman–Crippen LogP) is 2.79. The van der Waals surface area contributed by atoms with Gasteiger partial charge in [-0.25, -0.2) is 9.97 Å². The lowest BCUT2D eigenvalue weighted by molar-refractivity contribution is -0.383. The Morgan fingerprint density at radius 2 is 1.80 bits per heavy atom. The fourth-order valence-electron chi connectivity index (χ4n) is 2.20. The highest BCUT2D eigenvalue weighted by Gasteiger charge is 2.23. The minimum Gasteiger partial charge on any atom is -0.378 e. The Morgan fingerprint density at radius 3 is 2.60 bits per heavy atom. The number of nitrogens with zero attached hydrogens (tertiary/aromatic N) is 3. The Hall–Kier alpha value is -3.02. The molecule has 2 aromatic carbocycles. The Morgan fingerprint density at radius 1 is 1.05 bits per heavy atom. The van der Waals surface area contributed by atoms with Crippen LogP contribution in [0.15, 0.2) is 48.8 Å². The molecule has 0 aliphatic carbocycles. The molecule has 98 valence electrons. The summed E-state index contributed by atoms with van der Waals surface area (Å²) in [6.07, 6.45) is 1.24. The molecule has 3 aromatic rings. The number of anilines is 1. The van der Waals surface area contributed by atoms with Crippen LogP contribution in [-0.4, -0.2) is 14.9 Å². The lowest BCUT2D eigenvalue weighted by atomic mass is 10.0. The van der Waals surface area contributed by atoms with E-state index >= 15 is 0 Å². The summed E-state index contributed by atoms with van der Waals surface area (Å²) in [5, 5.41) is 13.1. The van der Waals surface area contributed by atoms with Crippen LogP contribution in [0.1, 0.15) is 0 Å². The maximum atomic E-state index is 11.2. The summed E-state index contributed by atoms with van der Waals surface area (Å²) in [6.45, 7) is 0. The van der Waals surface area contributed by atoms with Crippen molar-refractivity contribution in [3.63, 3.8) is 0 Å². The van der Waals surface area contributed by atoms with Crippen molar-refractivity contribution in [3.8, 4) is 11.3 Å². The van der Waals surface area contributed by atoms with E-state index in [1.165, 1.54) is 6.33 Å². The molecule has 0 bridgehead atoms. The molecule has 1 aromatic heterocycles. The lowest BCUT2D eigenvalue weighted by Crippen LogP contribution is -2.02. The molecular weight excluding hydrogens is 256 g/mol. The first-order valence-electron chi connectivity index (χ1n) is 5.91. The van der Waals surface area contributed by atoms with Gasteiger partial charge in [-0.1, -0.05) is 42.5 Å². The van der Waals surface area contributed by atoms with Crippen molar-refractivity contribution in [3.05, 3.63) is 58.9 Å². The topological polar surface area (TPSA) is 94.9 Å². The van der Waals surface area contributed by atoms with E-state index < -0.39 is 4.92 Å². The van der Waals surface area contributed by atoms with Crippen molar-refractivity contribution in [2.45, 2.75) is 0 Å². The van der Waals surface area contributed by atoms with Crippen molar-refractivity contribution in [2.75, 3.05) is 5.73 Å². The van der Waals surface area contributed by atoms with E-state index in [1.807, 2.05) is 36.4 Å². The summed E-state index contributed by atoms with van der Waals surface area (Å²) < 4.78 is 0. The average Bonchev–Trinajstić information content (AvgIpc) is 2.46. The first-order chi connectivity index (χ1) is 9.68. The van der Waals surface area contributed by atoms with Crippen molar-refractivity contribution in [2.24, 2.45) is 0 Å². The minimum absolute atomic E-state index is 0.132. The van der Waals surface area contributed by atoms with Gasteiger partial charge >= 0.3 is 5.69 Å². The first kappa shape index (κ1) is 12.0. The fourth-order valence-corrected chi connectivity index (χ4v) is 2.20. The van der Waals surface area contributed by atoms with Gasteiger partial charge in [0, 0.05) is 5.56 Å². The Bertz CT molecular complexity index is 812. The number of rotatable bonds is 2. The normalized spacial score (nSPS) is 10.6. The molecule has 0 saturated heterocycles. The Kier molecular flexibility index (Phi) is 2.76. The van der Waals surface area contributed by atoms with E-state index in [-0.39, 0.29) is 17.2 Å². The van der Waals surface area contributed by atoms with Crippen LogP contribution in [0, 0.1) is 10.1 Å². The molecule has 0 amide bonds. The molecule has 0 spiro atoms. The van der Waals surface area contributed by atoms with E-state index in [0.717, 1.165) is 10.8 Å². The van der Waals surface area contributed by atoms with E-state index in [1.54, 1.807) is 6.07 Å². The Balaban J connectivity index is 2.37. The van der Waals surface area contributed by atoms with Crippen molar-refractivity contribution < 1.29 is 4.92 Å². The van der Waals surface area contributed by atoms with Gasteiger partial charge in [0.2, 0.25) is 5.82 Å². The van der Waals surface area contributed by atoms with Gasteiger partial charge in [0.25, 0.3) is 0 Å². The summed E-state index contributed by atoms with van der Waals surface area (Å²) in [5.41, 5.74) is 6.26. The average molecular weight is 266 g/mol. The number of benzene rings is 2. The van der Waals surface area contributed by atoms with Crippen LogP contribution in [0.5, 0.6) is 0 Å². The highest BCUT2D eigenvalue weighted by atomic mass is 16.6. The highest BCUT2D eigenvalue weighted by molar-refractivity contribution is 5.98. The van der Waals surface area contributed by atoms with Crippen LogP contribution < -0.4 is 5.73 Å². The van der Waals surface area contributed by atoms with Gasteiger partial charge in [0.05, 0.1) is 4.92 Å². The number of fused-ring (bicyclic) bond motifs is 1. The molecule has 6 nitrogen and oxygen atoms in total. The monoisotopic (exact) mass is 266 g/mol. The predicted molar refractivity (Wildman–Crippen MR) is 76.0 cm³/mol. The summed E-state index contributed by atoms with van der Waals surface area (Å²) in [7, 11) is 0. The molecule has 0 aliphatic rings. The standard InChI is InChI=1S/C14H10N4O2/c15-14-13(18(19)20)12(16-8-17-14)11-7-3-5-9-4-1-2-6-10(9)11/h1-8H,(H2,15,16,17). The van der Waals surface area contributed by atoms with Crippen molar-refractivity contribution in [1.29, 1.82) is 0 Å². The van der Waals surface area contributed by atoms with Crippen LogP contribution in [-0.2, 0) is 0 Å². The van der Waals surface area contributed by atoms with E-state index in [0.29, 0.717) is 5.56 Å². The van der Waals surface area contributed by atoms with Gasteiger partial charge in [0.15, 0.2) is 5.69 Å². The minimum atomic E-state index is -0.549. The van der Waals surface area contributed by atoms with E-state index in [9.17, 15) is 10.1 Å². The molecule has 0 atom stereocenters. The van der Waals surface area contributed by atoms with E-state index in [4.69, 9.17) is 5.73 Å². The molecule has 0 radical (unpaired) electrons. The van der Waals surface area contributed by atoms with Crippen molar-refractivity contribution >= 4 is 22.3 Å². The maximum absolute atomic E-state index is 11.2. The molecule has 6 heteroatoms. The molecule has 20 heavy (non-hydrogen) atoms. The molecule has 3 rings (SSSR count). The van der Waals surface area contributed by atoms with Gasteiger partial charge in [-0.05, 0) is 10.8 Å². The van der Waals surface area contributed by atoms with Crippen LogP contribution in [0.25, 0.3) is 22.0 Å². The summed E-state index contributed by atoms with van der Waals surface area (Å²) >= 11 is 0. The summed E-state index contributed by atoms with van der Waals surface area (Å²) in [4.78, 5) is 18.4. The van der Waals surface area contributed by atoms with Crippen LogP contribution in [0.2, 0.25) is 0 Å². The second-order valence-corrected chi connectivity index (χ2v) is 4.24. The van der Waals surface area contributed by atoms with E-state index in [2.05, 4.69) is 9.97 Å². The quantitative estimate of drug-likeness (QED) is 0.568. The Labute approximate surface area is 114 Å². The maximum Gasteiger partial charge on any atom is 0.337 e. The summed E-state index contributed by atoms with van der Waals surface area (Å²) in [6, 6.07) is 13.2. The summed E-state index contributed by atoms with van der Waals surface area (Å²) in [5.74, 6) is -0.132. The third kappa shape index (κ3) is 1.83. The number of nitrogens with two attached hydrogens (primary N) is 1. The largest absolute Gasteiger partial charge is 0.378 e. The van der Waals surface area contributed by atoms with Gasteiger partial charge in [0.1, 0.15) is 6.33 Å². The molecule has 0 aliphatic heterocycles. The zero-order chi connectivity index (χ0) is 14.1. The highest BCUT2D eigenvalue weighted by Crippen LogP contribution is 2.35. The molecule has 2 N–H and O–H groups in total. The van der Waals surface area contributed by atoms with Crippen LogP contribution >= 0.6 is 0 Å². The van der Waals surface area contributed by atoms with Crippen LogP contribution in [0.4, 0.5) is 11.5 Å². The fraction of sp³-hybridized carbons (Fsp3) is 0. The van der Waals surface area contributed by atoms with Gasteiger partial charge < -0.3 is 5.73 Å². The van der Waals surface area contributed by atoms with Gasteiger partial charge in [-0.2, -0.15) is 0 Å². The second kappa shape index (κ2) is 4.58. The number of hydrogen-bond acceptors (Lipinski definition) is 5. The number of nitrogen functional groups attached to an aromatic ring is 1. The first-order valence-corrected chi connectivity index (χ1v) is 5.91. The van der Waals surface area contributed by atoms with Gasteiger partial charge in [-0.15, -0.1) is 0 Å². The number of hydrogen-bond donors (Lipinski definition) is 1. The number of nitro groups is 1. The molecule has 0 fully saturated rings. The zero-order valence-electron chi connectivity index (χ0n) is 10.4. The zero-order valence-corrected chi connectivity index (χ0v) is 10.4. The molecular formula is C14H10N4O2. The van der Waals surface area contributed by atoms with Crippen LogP contribution in [0.3, 0.4) is 0 Å². The number of aromatic nitrogens is 2.